The standard InChI is InChI=1S/C15H14O3/c16-14(10-9-12-6-2-1-3-7-12)13-8-4-5-11-15(13,17)18/h1-11,13,17-18H. The molecule has 0 radical (unpaired) electrons. The first-order valence-electron chi connectivity index (χ1n) is 5.67. The van der Waals surface area contributed by atoms with Gasteiger partial charge in [-0.25, -0.2) is 0 Å². The molecule has 2 N–H and O–H groups in total. The van der Waals surface area contributed by atoms with Crippen molar-refractivity contribution in [2.75, 3.05) is 0 Å². The molecule has 0 fully saturated rings. The molecule has 3 heteroatoms. The number of carbonyl (C=O) groups is 1. The van der Waals surface area contributed by atoms with Crippen LogP contribution >= 0.6 is 0 Å². The van der Waals surface area contributed by atoms with Crippen molar-refractivity contribution in [2.45, 2.75) is 5.79 Å². The van der Waals surface area contributed by atoms with Crippen molar-refractivity contribution < 1.29 is 15.0 Å². The summed E-state index contributed by atoms with van der Waals surface area (Å²) in [7, 11) is 0. The zero-order valence-corrected chi connectivity index (χ0v) is 9.73. The van der Waals surface area contributed by atoms with Crippen LogP contribution in [-0.2, 0) is 4.79 Å². The van der Waals surface area contributed by atoms with E-state index in [0.29, 0.717) is 0 Å². The maximum atomic E-state index is 11.9. The van der Waals surface area contributed by atoms with Crippen molar-refractivity contribution in [1.82, 2.24) is 0 Å². The molecule has 0 saturated heterocycles. The van der Waals surface area contributed by atoms with Crippen LogP contribution in [0.3, 0.4) is 0 Å². The Kier molecular flexibility index (Phi) is 3.55. The van der Waals surface area contributed by atoms with Crippen LogP contribution in [0, 0.1) is 5.92 Å². The molecule has 0 bridgehead atoms. The van der Waals surface area contributed by atoms with Gasteiger partial charge in [0.2, 0.25) is 0 Å². The lowest BCUT2D eigenvalue weighted by molar-refractivity contribution is -0.159. The summed E-state index contributed by atoms with van der Waals surface area (Å²) in [6, 6.07) is 9.36. The number of rotatable bonds is 3. The van der Waals surface area contributed by atoms with Gasteiger partial charge in [0.15, 0.2) is 11.6 Å². The fourth-order valence-corrected chi connectivity index (χ4v) is 1.77. The average Bonchev–Trinajstić information content (AvgIpc) is 2.37. The minimum absolute atomic E-state index is 0.343. The van der Waals surface area contributed by atoms with Gasteiger partial charge in [-0.3, -0.25) is 4.79 Å². The Morgan fingerprint density at radius 2 is 1.89 bits per heavy atom. The van der Waals surface area contributed by atoms with Crippen molar-refractivity contribution in [3.8, 4) is 0 Å². The van der Waals surface area contributed by atoms with Crippen molar-refractivity contribution in [1.29, 1.82) is 0 Å². The molecule has 0 amide bonds. The van der Waals surface area contributed by atoms with E-state index in [4.69, 9.17) is 0 Å². The number of carbonyl (C=O) groups excluding carboxylic acids is 1. The fourth-order valence-electron chi connectivity index (χ4n) is 1.77. The quantitative estimate of drug-likeness (QED) is 0.626. The van der Waals surface area contributed by atoms with Gasteiger partial charge >= 0.3 is 0 Å². The summed E-state index contributed by atoms with van der Waals surface area (Å²) in [5, 5.41) is 19.3. The van der Waals surface area contributed by atoms with Gasteiger partial charge in [-0.2, -0.15) is 0 Å². The maximum Gasteiger partial charge on any atom is 0.196 e. The Bertz CT molecular complexity index is 510. The number of benzene rings is 1. The van der Waals surface area contributed by atoms with E-state index in [-0.39, 0.29) is 5.78 Å². The summed E-state index contributed by atoms with van der Waals surface area (Å²) >= 11 is 0. The minimum Gasteiger partial charge on any atom is -0.362 e. The van der Waals surface area contributed by atoms with Gasteiger partial charge in [-0.1, -0.05) is 54.6 Å². The van der Waals surface area contributed by atoms with Crippen LogP contribution in [0.25, 0.3) is 6.08 Å². The van der Waals surface area contributed by atoms with Crippen LogP contribution in [0.2, 0.25) is 0 Å². The second kappa shape index (κ2) is 5.12. The Labute approximate surface area is 105 Å². The monoisotopic (exact) mass is 242 g/mol. The molecule has 1 aliphatic carbocycles. The van der Waals surface area contributed by atoms with E-state index in [9.17, 15) is 15.0 Å². The third kappa shape index (κ3) is 2.83. The fraction of sp³-hybridized carbons (Fsp3) is 0.133. The van der Waals surface area contributed by atoms with E-state index in [1.54, 1.807) is 12.2 Å². The first-order chi connectivity index (χ1) is 8.59. The third-order valence-corrected chi connectivity index (χ3v) is 2.76. The van der Waals surface area contributed by atoms with Gasteiger partial charge in [-0.05, 0) is 17.7 Å². The van der Waals surface area contributed by atoms with Gasteiger partial charge < -0.3 is 10.2 Å². The summed E-state index contributed by atoms with van der Waals surface area (Å²) in [5.74, 6) is -3.40. The third-order valence-electron chi connectivity index (χ3n) is 2.76. The largest absolute Gasteiger partial charge is 0.362 e. The van der Waals surface area contributed by atoms with Crippen molar-refractivity contribution in [3.63, 3.8) is 0 Å². The summed E-state index contributed by atoms with van der Waals surface area (Å²) in [6.45, 7) is 0. The van der Waals surface area contributed by atoms with E-state index in [1.165, 1.54) is 24.3 Å². The van der Waals surface area contributed by atoms with Gasteiger partial charge in [0.05, 0.1) is 5.92 Å². The SMILES string of the molecule is O=C(C=Cc1ccccc1)C1C=CC=CC1(O)O. The molecule has 0 aromatic heterocycles. The number of aliphatic hydroxyl groups is 2. The maximum absolute atomic E-state index is 11.9. The van der Waals surface area contributed by atoms with Gasteiger partial charge in [0.25, 0.3) is 0 Å². The van der Waals surface area contributed by atoms with Crippen molar-refractivity contribution >= 4 is 11.9 Å². The Morgan fingerprint density at radius 1 is 1.17 bits per heavy atom. The molecule has 3 nitrogen and oxygen atoms in total. The first kappa shape index (κ1) is 12.5. The zero-order chi connectivity index (χ0) is 13.0. The Balaban J connectivity index is 2.11. The van der Waals surface area contributed by atoms with Crippen molar-refractivity contribution in [2.24, 2.45) is 5.92 Å². The van der Waals surface area contributed by atoms with Crippen LogP contribution in [0.5, 0.6) is 0 Å². The van der Waals surface area contributed by atoms with Gasteiger partial charge in [0.1, 0.15) is 0 Å². The molecule has 1 unspecified atom stereocenters. The Hall–Kier alpha value is -1.97. The van der Waals surface area contributed by atoms with Gasteiger partial charge in [-0.15, -0.1) is 0 Å². The molecule has 92 valence electrons. The van der Waals surface area contributed by atoms with E-state index in [1.807, 2.05) is 30.3 Å². The lowest BCUT2D eigenvalue weighted by Gasteiger charge is -2.25. The van der Waals surface area contributed by atoms with Crippen LogP contribution in [0.4, 0.5) is 0 Å². The molecule has 1 aliphatic rings. The van der Waals surface area contributed by atoms with E-state index >= 15 is 0 Å². The minimum atomic E-state index is -2.10. The van der Waals surface area contributed by atoms with Crippen molar-refractivity contribution in [3.05, 3.63) is 66.3 Å². The summed E-state index contributed by atoms with van der Waals surface area (Å²) in [5.41, 5.74) is 0.891. The summed E-state index contributed by atoms with van der Waals surface area (Å²) < 4.78 is 0. The molecule has 1 atom stereocenters. The highest BCUT2D eigenvalue weighted by atomic mass is 16.5. The molecule has 0 aliphatic heterocycles. The zero-order valence-electron chi connectivity index (χ0n) is 9.73. The smallest absolute Gasteiger partial charge is 0.196 e. The first-order valence-corrected chi connectivity index (χ1v) is 5.67. The molecule has 0 spiro atoms. The van der Waals surface area contributed by atoms with Crippen LogP contribution < -0.4 is 0 Å². The lowest BCUT2D eigenvalue weighted by atomic mass is 9.89. The average molecular weight is 242 g/mol. The second-order valence-electron chi connectivity index (χ2n) is 4.15. The normalized spacial score (nSPS) is 21.3. The molecule has 2 rings (SSSR count). The predicted molar refractivity (Wildman–Crippen MR) is 69.4 cm³/mol. The number of ketones is 1. The predicted octanol–water partition coefficient (Wildman–Crippen LogP) is 1.69. The lowest BCUT2D eigenvalue weighted by Crippen LogP contribution is -2.39. The van der Waals surface area contributed by atoms with Gasteiger partial charge in [0, 0.05) is 0 Å². The Morgan fingerprint density at radius 3 is 2.56 bits per heavy atom. The van der Waals surface area contributed by atoms with Crippen LogP contribution in [0.15, 0.2) is 60.7 Å². The highest BCUT2D eigenvalue weighted by molar-refractivity contribution is 5.97. The molecule has 1 aromatic carbocycles. The molecule has 18 heavy (non-hydrogen) atoms. The molecular weight excluding hydrogens is 228 g/mol. The molecule has 1 aromatic rings. The second-order valence-corrected chi connectivity index (χ2v) is 4.15. The number of allylic oxidation sites excluding steroid dienone is 3. The van der Waals surface area contributed by atoms with Crippen LogP contribution in [-0.4, -0.2) is 21.8 Å². The topological polar surface area (TPSA) is 57.5 Å². The summed E-state index contributed by atoms with van der Waals surface area (Å²) in [6.07, 6.45) is 8.84. The molecule has 0 saturated carbocycles. The van der Waals surface area contributed by atoms with E-state index in [0.717, 1.165) is 5.56 Å². The number of hydrogen-bond donors (Lipinski definition) is 2. The van der Waals surface area contributed by atoms with Crippen LogP contribution in [0.1, 0.15) is 5.56 Å². The highest BCUT2D eigenvalue weighted by Crippen LogP contribution is 2.23. The summed E-state index contributed by atoms with van der Waals surface area (Å²) in [4.78, 5) is 11.9. The number of hydrogen-bond acceptors (Lipinski definition) is 3. The van der Waals surface area contributed by atoms with E-state index in [2.05, 4.69) is 0 Å². The highest BCUT2D eigenvalue weighted by Gasteiger charge is 2.35. The molecular formula is C15H14O3. The van der Waals surface area contributed by atoms with E-state index < -0.39 is 11.7 Å². The molecule has 0 heterocycles.